The molecule has 2 aromatic heterocycles. The van der Waals surface area contributed by atoms with Crippen LogP contribution in [0.4, 0.5) is 4.79 Å². The molecule has 2 aromatic carbocycles. The summed E-state index contributed by atoms with van der Waals surface area (Å²) in [5, 5.41) is 16.1. The molecule has 0 saturated carbocycles. The molecule has 2 heterocycles. The quantitative estimate of drug-likeness (QED) is 0.401. The van der Waals surface area contributed by atoms with Gasteiger partial charge in [0.15, 0.2) is 0 Å². The number of ether oxygens (including phenoxy) is 2. The highest BCUT2D eigenvalue weighted by Gasteiger charge is 2.16. The Hall–Kier alpha value is -3.91. The third-order valence-corrected chi connectivity index (χ3v) is 5.39. The minimum Gasteiger partial charge on any atom is -0.491 e. The van der Waals surface area contributed by atoms with Crippen LogP contribution in [0.15, 0.2) is 61.1 Å². The number of rotatable bonds is 7. The Morgan fingerprint density at radius 3 is 2.49 bits per heavy atom. The Kier molecular flexibility index (Phi) is 7.02. The zero-order valence-electron chi connectivity index (χ0n) is 20.4. The molecule has 4 rings (SSSR count). The van der Waals surface area contributed by atoms with Crippen LogP contribution in [0.3, 0.4) is 0 Å². The molecule has 0 aliphatic rings. The maximum absolute atomic E-state index is 12.0. The Morgan fingerprint density at radius 2 is 1.80 bits per heavy atom. The predicted octanol–water partition coefficient (Wildman–Crippen LogP) is 4.77. The van der Waals surface area contributed by atoms with Crippen molar-refractivity contribution in [1.29, 1.82) is 0 Å². The van der Waals surface area contributed by atoms with Gasteiger partial charge in [0, 0.05) is 23.9 Å². The molecule has 2 N–H and O–H groups in total. The van der Waals surface area contributed by atoms with Gasteiger partial charge >= 0.3 is 6.09 Å². The van der Waals surface area contributed by atoms with Crippen LogP contribution in [0.1, 0.15) is 31.9 Å². The fraction of sp³-hybridized carbons (Fsp3) is 0.296. The van der Waals surface area contributed by atoms with Gasteiger partial charge in [-0.2, -0.15) is 5.10 Å². The topological polar surface area (TPSA) is 98.0 Å². The van der Waals surface area contributed by atoms with E-state index in [9.17, 15) is 4.79 Å². The van der Waals surface area contributed by atoms with E-state index < -0.39 is 11.7 Å². The highest BCUT2D eigenvalue weighted by molar-refractivity contribution is 5.82. The molecule has 0 spiro atoms. The van der Waals surface area contributed by atoms with Crippen LogP contribution in [0.5, 0.6) is 5.75 Å². The van der Waals surface area contributed by atoms with Gasteiger partial charge in [0.2, 0.25) is 0 Å². The molecule has 1 amide bonds. The van der Waals surface area contributed by atoms with Crippen LogP contribution >= 0.6 is 0 Å². The van der Waals surface area contributed by atoms with Crippen molar-refractivity contribution in [2.45, 2.75) is 39.8 Å². The van der Waals surface area contributed by atoms with Crippen LogP contribution in [0.25, 0.3) is 27.9 Å². The molecule has 0 bridgehead atoms. The average Bonchev–Trinajstić information content (AvgIpc) is 3.25. The standard InChI is InChI=1S/C27H30N4O4/c1-18-13-20(5-6-21(18)15-28-26(33)35-27(2,3)4)25-24-14-22(16-31(24)30-17-29-25)19-7-9-23(10-8-19)34-12-11-32/h5-10,13-14,16-17,32H,11-12,15H2,1-4H3,(H,28,33). The van der Waals surface area contributed by atoms with E-state index in [1.165, 1.54) is 0 Å². The zero-order chi connectivity index (χ0) is 25.0. The lowest BCUT2D eigenvalue weighted by molar-refractivity contribution is 0.0523. The first-order chi connectivity index (χ1) is 16.7. The summed E-state index contributed by atoms with van der Waals surface area (Å²) in [5.41, 5.74) is 6.23. The van der Waals surface area contributed by atoms with E-state index in [1.54, 1.807) is 6.33 Å². The van der Waals surface area contributed by atoms with E-state index in [1.807, 2.05) is 74.8 Å². The van der Waals surface area contributed by atoms with Gasteiger partial charge in [0.1, 0.15) is 24.3 Å². The van der Waals surface area contributed by atoms with Crippen molar-refractivity contribution in [2.75, 3.05) is 13.2 Å². The highest BCUT2D eigenvalue weighted by Crippen LogP contribution is 2.30. The normalized spacial score (nSPS) is 11.5. The van der Waals surface area contributed by atoms with Crippen molar-refractivity contribution in [3.05, 3.63) is 72.2 Å². The van der Waals surface area contributed by atoms with Crippen molar-refractivity contribution < 1.29 is 19.4 Å². The van der Waals surface area contributed by atoms with E-state index in [0.29, 0.717) is 12.3 Å². The number of aromatic nitrogens is 3. The van der Waals surface area contributed by atoms with E-state index >= 15 is 0 Å². The molecule has 0 aliphatic carbocycles. The monoisotopic (exact) mass is 474 g/mol. The van der Waals surface area contributed by atoms with Crippen molar-refractivity contribution >= 4 is 11.6 Å². The van der Waals surface area contributed by atoms with Gasteiger partial charge in [-0.25, -0.2) is 14.3 Å². The van der Waals surface area contributed by atoms with Crippen LogP contribution in [-0.2, 0) is 11.3 Å². The lowest BCUT2D eigenvalue weighted by atomic mass is 10.0. The van der Waals surface area contributed by atoms with Crippen molar-refractivity contribution in [2.24, 2.45) is 0 Å². The molecular weight excluding hydrogens is 444 g/mol. The summed E-state index contributed by atoms with van der Waals surface area (Å²) >= 11 is 0. The second-order valence-electron chi connectivity index (χ2n) is 9.26. The summed E-state index contributed by atoms with van der Waals surface area (Å²) in [6.07, 6.45) is 3.08. The number of aliphatic hydroxyl groups excluding tert-OH is 1. The fourth-order valence-electron chi connectivity index (χ4n) is 3.74. The number of alkyl carbamates (subject to hydrolysis) is 1. The summed E-state index contributed by atoms with van der Waals surface area (Å²) in [6.45, 7) is 8.16. The number of nitrogens with zero attached hydrogens (tertiary/aromatic N) is 3. The Balaban J connectivity index is 1.55. The van der Waals surface area contributed by atoms with Gasteiger partial charge in [0.05, 0.1) is 17.8 Å². The number of hydrogen-bond acceptors (Lipinski definition) is 6. The molecule has 0 aliphatic heterocycles. The first kappa shape index (κ1) is 24.2. The van der Waals surface area contributed by atoms with Crippen LogP contribution in [0, 0.1) is 6.92 Å². The van der Waals surface area contributed by atoms with Gasteiger partial charge in [-0.3, -0.25) is 0 Å². The number of aryl methyl sites for hydroxylation is 1. The van der Waals surface area contributed by atoms with Crippen molar-refractivity contribution in [3.8, 4) is 28.1 Å². The number of carbonyl (C=O) groups is 1. The molecule has 8 heteroatoms. The summed E-state index contributed by atoms with van der Waals surface area (Å²) in [4.78, 5) is 16.5. The van der Waals surface area contributed by atoms with Crippen molar-refractivity contribution in [3.63, 3.8) is 0 Å². The van der Waals surface area contributed by atoms with E-state index in [0.717, 1.165) is 39.0 Å². The van der Waals surface area contributed by atoms with Crippen LogP contribution in [-0.4, -0.2) is 44.6 Å². The van der Waals surface area contributed by atoms with Gasteiger partial charge < -0.3 is 19.9 Å². The molecule has 8 nitrogen and oxygen atoms in total. The average molecular weight is 475 g/mol. The molecule has 182 valence electrons. The van der Waals surface area contributed by atoms with Crippen LogP contribution < -0.4 is 10.1 Å². The molecule has 35 heavy (non-hydrogen) atoms. The number of benzene rings is 2. The minimum absolute atomic E-state index is 0.0191. The second-order valence-corrected chi connectivity index (χ2v) is 9.26. The maximum Gasteiger partial charge on any atom is 0.407 e. The Labute approximate surface area is 204 Å². The third-order valence-electron chi connectivity index (χ3n) is 5.39. The van der Waals surface area contributed by atoms with Crippen molar-refractivity contribution in [1.82, 2.24) is 19.9 Å². The summed E-state index contributed by atoms with van der Waals surface area (Å²) in [7, 11) is 0. The third kappa shape index (κ3) is 5.96. The number of hydrogen-bond donors (Lipinski definition) is 2. The molecule has 0 fully saturated rings. The number of nitrogens with one attached hydrogen (secondary N) is 1. The number of fused-ring (bicyclic) bond motifs is 1. The number of carbonyl (C=O) groups excluding carboxylic acids is 1. The Bertz CT molecular complexity index is 1320. The maximum atomic E-state index is 12.0. The second kappa shape index (κ2) is 10.1. The lowest BCUT2D eigenvalue weighted by Crippen LogP contribution is -2.32. The number of aliphatic hydroxyl groups is 1. The number of amides is 1. The van der Waals surface area contributed by atoms with E-state index in [4.69, 9.17) is 14.6 Å². The van der Waals surface area contributed by atoms with Gasteiger partial charge in [-0.15, -0.1) is 0 Å². The molecular formula is C27H30N4O4. The first-order valence-electron chi connectivity index (χ1n) is 11.5. The SMILES string of the molecule is Cc1cc(-c2ncnn3cc(-c4ccc(OCCO)cc4)cc23)ccc1CNC(=O)OC(C)(C)C. The molecule has 4 aromatic rings. The van der Waals surface area contributed by atoms with Gasteiger partial charge in [-0.1, -0.05) is 24.3 Å². The smallest absolute Gasteiger partial charge is 0.407 e. The summed E-state index contributed by atoms with van der Waals surface area (Å²) < 4.78 is 12.6. The van der Waals surface area contributed by atoms with E-state index in [-0.39, 0.29) is 13.2 Å². The predicted molar refractivity (Wildman–Crippen MR) is 134 cm³/mol. The first-order valence-corrected chi connectivity index (χ1v) is 11.5. The highest BCUT2D eigenvalue weighted by atomic mass is 16.6. The fourth-order valence-corrected chi connectivity index (χ4v) is 3.74. The zero-order valence-corrected chi connectivity index (χ0v) is 20.4. The molecule has 0 radical (unpaired) electrons. The molecule has 0 unspecified atom stereocenters. The largest absolute Gasteiger partial charge is 0.491 e. The Morgan fingerprint density at radius 1 is 1.06 bits per heavy atom. The molecule has 0 atom stereocenters. The van der Waals surface area contributed by atoms with E-state index in [2.05, 4.69) is 27.5 Å². The summed E-state index contributed by atoms with van der Waals surface area (Å²) in [6, 6.07) is 15.8. The van der Waals surface area contributed by atoms with Gasteiger partial charge in [0.25, 0.3) is 0 Å². The molecule has 0 saturated heterocycles. The van der Waals surface area contributed by atoms with Gasteiger partial charge in [-0.05, 0) is 68.7 Å². The lowest BCUT2D eigenvalue weighted by Gasteiger charge is -2.20. The minimum atomic E-state index is -0.535. The summed E-state index contributed by atoms with van der Waals surface area (Å²) in [5.74, 6) is 0.712. The van der Waals surface area contributed by atoms with Crippen LogP contribution in [0.2, 0.25) is 0 Å².